The minimum absolute atomic E-state index is 0.0361. The highest BCUT2D eigenvalue weighted by molar-refractivity contribution is 6.31. The van der Waals surface area contributed by atoms with Crippen LogP contribution in [-0.4, -0.2) is 30.4 Å². The standard InChI is InChI=1S/C15H21ClN2O/c1-11-4-3-7-18(9-11)10-15(19)17-13-6-5-12(2)14(16)8-13/h5-6,8,11H,3-4,7,9-10H2,1-2H3,(H,17,19)/t11-/m0/s1. The summed E-state index contributed by atoms with van der Waals surface area (Å²) < 4.78 is 0. The van der Waals surface area contributed by atoms with Crippen LogP contribution in [0.3, 0.4) is 0 Å². The van der Waals surface area contributed by atoms with Crippen LogP contribution < -0.4 is 5.32 Å². The number of halogens is 1. The van der Waals surface area contributed by atoms with Gasteiger partial charge in [0, 0.05) is 17.3 Å². The Morgan fingerprint density at radius 1 is 1.53 bits per heavy atom. The molecule has 1 aromatic carbocycles. The molecular weight excluding hydrogens is 260 g/mol. The largest absolute Gasteiger partial charge is 0.325 e. The van der Waals surface area contributed by atoms with Gasteiger partial charge in [0.15, 0.2) is 0 Å². The molecule has 1 aliphatic heterocycles. The lowest BCUT2D eigenvalue weighted by molar-refractivity contribution is -0.117. The predicted molar refractivity (Wildman–Crippen MR) is 79.7 cm³/mol. The minimum Gasteiger partial charge on any atom is -0.325 e. The van der Waals surface area contributed by atoms with E-state index in [0.717, 1.165) is 24.3 Å². The lowest BCUT2D eigenvalue weighted by Gasteiger charge is -2.30. The van der Waals surface area contributed by atoms with Gasteiger partial charge in [-0.2, -0.15) is 0 Å². The van der Waals surface area contributed by atoms with E-state index in [4.69, 9.17) is 11.6 Å². The summed E-state index contributed by atoms with van der Waals surface area (Å²) in [7, 11) is 0. The maximum atomic E-state index is 12.0. The Bertz CT molecular complexity index is 461. The third-order valence-electron chi connectivity index (χ3n) is 3.56. The fraction of sp³-hybridized carbons (Fsp3) is 0.533. The number of carbonyl (C=O) groups excluding carboxylic acids is 1. The number of nitrogens with one attached hydrogen (secondary N) is 1. The van der Waals surface area contributed by atoms with Crippen LogP contribution in [0.15, 0.2) is 18.2 Å². The van der Waals surface area contributed by atoms with E-state index in [1.165, 1.54) is 12.8 Å². The summed E-state index contributed by atoms with van der Waals surface area (Å²) >= 11 is 6.05. The van der Waals surface area contributed by atoms with Crippen molar-refractivity contribution in [2.75, 3.05) is 25.0 Å². The number of hydrogen-bond donors (Lipinski definition) is 1. The Hall–Kier alpha value is -1.06. The van der Waals surface area contributed by atoms with Crippen molar-refractivity contribution in [3.63, 3.8) is 0 Å². The minimum atomic E-state index is 0.0361. The molecule has 1 fully saturated rings. The number of anilines is 1. The van der Waals surface area contributed by atoms with Gasteiger partial charge in [-0.05, 0) is 49.9 Å². The van der Waals surface area contributed by atoms with Crippen molar-refractivity contribution in [1.82, 2.24) is 4.90 Å². The Morgan fingerprint density at radius 3 is 3.00 bits per heavy atom. The quantitative estimate of drug-likeness (QED) is 0.921. The first-order valence-electron chi connectivity index (χ1n) is 6.83. The van der Waals surface area contributed by atoms with Crippen LogP contribution in [-0.2, 0) is 4.79 Å². The Morgan fingerprint density at radius 2 is 2.32 bits per heavy atom. The molecule has 0 unspecified atom stereocenters. The molecule has 4 heteroatoms. The number of nitrogens with zero attached hydrogens (tertiary/aromatic N) is 1. The smallest absolute Gasteiger partial charge is 0.238 e. The van der Waals surface area contributed by atoms with Crippen LogP contribution in [0.25, 0.3) is 0 Å². The maximum absolute atomic E-state index is 12.0. The molecule has 2 rings (SSSR count). The first-order chi connectivity index (χ1) is 9.04. The highest BCUT2D eigenvalue weighted by Crippen LogP contribution is 2.20. The lowest BCUT2D eigenvalue weighted by Crippen LogP contribution is -2.39. The molecule has 0 aliphatic carbocycles. The topological polar surface area (TPSA) is 32.3 Å². The number of rotatable bonds is 3. The van der Waals surface area contributed by atoms with Gasteiger partial charge in [-0.25, -0.2) is 0 Å². The molecule has 1 heterocycles. The van der Waals surface area contributed by atoms with Crippen LogP contribution in [0, 0.1) is 12.8 Å². The Balaban J connectivity index is 1.88. The summed E-state index contributed by atoms with van der Waals surface area (Å²) in [5.74, 6) is 0.726. The molecule has 3 nitrogen and oxygen atoms in total. The fourth-order valence-electron chi connectivity index (χ4n) is 2.50. The predicted octanol–water partition coefficient (Wildman–Crippen LogP) is 3.32. The summed E-state index contributed by atoms with van der Waals surface area (Å²) in [5, 5.41) is 3.59. The zero-order valence-corrected chi connectivity index (χ0v) is 12.3. The second-order valence-corrected chi connectivity index (χ2v) is 5.90. The summed E-state index contributed by atoms with van der Waals surface area (Å²) in [6.45, 7) is 6.69. The first-order valence-corrected chi connectivity index (χ1v) is 7.21. The van der Waals surface area contributed by atoms with Crippen molar-refractivity contribution in [2.45, 2.75) is 26.7 Å². The van der Waals surface area contributed by atoms with Crippen molar-refractivity contribution in [3.8, 4) is 0 Å². The van der Waals surface area contributed by atoms with Crippen LogP contribution >= 0.6 is 11.6 Å². The van der Waals surface area contributed by atoms with Gasteiger partial charge in [0.1, 0.15) is 0 Å². The Labute approximate surface area is 119 Å². The molecule has 0 bridgehead atoms. The highest BCUT2D eigenvalue weighted by Gasteiger charge is 2.18. The van der Waals surface area contributed by atoms with Crippen molar-refractivity contribution in [2.24, 2.45) is 5.92 Å². The van der Waals surface area contributed by atoms with Crippen LogP contribution in [0.5, 0.6) is 0 Å². The number of benzene rings is 1. The number of carbonyl (C=O) groups is 1. The number of aryl methyl sites for hydroxylation is 1. The van der Waals surface area contributed by atoms with Gasteiger partial charge in [0.25, 0.3) is 0 Å². The van der Waals surface area contributed by atoms with Gasteiger partial charge in [-0.15, -0.1) is 0 Å². The van der Waals surface area contributed by atoms with Crippen molar-refractivity contribution in [3.05, 3.63) is 28.8 Å². The molecule has 1 aliphatic rings. The third kappa shape index (κ3) is 4.22. The van der Waals surface area contributed by atoms with Gasteiger partial charge < -0.3 is 5.32 Å². The molecule has 104 valence electrons. The van der Waals surface area contributed by atoms with E-state index >= 15 is 0 Å². The van der Waals surface area contributed by atoms with E-state index in [2.05, 4.69) is 17.1 Å². The summed E-state index contributed by atoms with van der Waals surface area (Å²) in [6.07, 6.45) is 2.45. The SMILES string of the molecule is Cc1ccc(NC(=O)CN2CCC[C@H](C)C2)cc1Cl. The van der Waals surface area contributed by atoms with E-state index in [-0.39, 0.29) is 5.91 Å². The van der Waals surface area contributed by atoms with Crippen molar-refractivity contribution < 1.29 is 4.79 Å². The average molecular weight is 281 g/mol. The zero-order valence-electron chi connectivity index (χ0n) is 11.6. The lowest BCUT2D eigenvalue weighted by atomic mass is 10.0. The third-order valence-corrected chi connectivity index (χ3v) is 3.97. The molecule has 0 radical (unpaired) electrons. The van der Waals surface area contributed by atoms with E-state index in [1.807, 2.05) is 19.1 Å². The number of hydrogen-bond acceptors (Lipinski definition) is 2. The van der Waals surface area contributed by atoms with E-state index in [1.54, 1.807) is 6.07 Å². The molecule has 19 heavy (non-hydrogen) atoms. The van der Waals surface area contributed by atoms with Gasteiger partial charge in [0.2, 0.25) is 5.91 Å². The van der Waals surface area contributed by atoms with Crippen molar-refractivity contribution >= 4 is 23.2 Å². The van der Waals surface area contributed by atoms with Crippen molar-refractivity contribution in [1.29, 1.82) is 0 Å². The molecule has 0 spiro atoms. The second-order valence-electron chi connectivity index (χ2n) is 5.49. The maximum Gasteiger partial charge on any atom is 0.238 e. The van der Waals surface area contributed by atoms with Gasteiger partial charge in [-0.3, -0.25) is 9.69 Å². The molecule has 1 N–H and O–H groups in total. The molecule has 1 amide bonds. The second kappa shape index (κ2) is 6.40. The normalized spacial score (nSPS) is 20.3. The number of amides is 1. The summed E-state index contributed by atoms with van der Waals surface area (Å²) in [5.41, 5.74) is 1.79. The van der Waals surface area contributed by atoms with Crippen LogP contribution in [0.4, 0.5) is 5.69 Å². The van der Waals surface area contributed by atoms with E-state index < -0.39 is 0 Å². The van der Waals surface area contributed by atoms with Gasteiger partial charge >= 0.3 is 0 Å². The van der Waals surface area contributed by atoms with Gasteiger partial charge in [0.05, 0.1) is 6.54 Å². The molecule has 1 aromatic rings. The number of piperidine rings is 1. The van der Waals surface area contributed by atoms with Crippen LogP contribution in [0.1, 0.15) is 25.3 Å². The van der Waals surface area contributed by atoms with E-state index in [0.29, 0.717) is 17.5 Å². The molecule has 1 atom stereocenters. The monoisotopic (exact) mass is 280 g/mol. The molecule has 1 saturated heterocycles. The summed E-state index contributed by atoms with van der Waals surface area (Å²) in [4.78, 5) is 14.2. The van der Waals surface area contributed by atoms with Gasteiger partial charge in [-0.1, -0.05) is 24.6 Å². The summed E-state index contributed by atoms with van der Waals surface area (Å²) in [6, 6.07) is 5.60. The first kappa shape index (κ1) is 14.4. The number of likely N-dealkylation sites (tertiary alicyclic amines) is 1. The zero-order chi connectivity index (χ0) is 13.8. The van der Waals surface area contributed by atoms with E-state index in [9.17, 15) is 4.79 Å². The Kier molecular flexibility index (Phi) is 4.83. The van der Waals surface area contributed by atoms with Crippen LogP contribution in [0.2, 0.25) is 5.02 Å². The molecule has 0 saturated carbocycles. The molecule has 0 aromatic heterocycles. The fourth-order valence-corrected chi connectivity index (χ4v) is 2.69. The molecular formula is C15H21ClN2O. The highest BCUT2D eigenvalue weighted by atomic mass is 35.5. The average Bonchev–Trinajstić information content (AvgIpc) is 2.34.